The summed E-state index contributed by atoms with van der Waals surface area (Å²) >= 11 is 0. The highest BCUT2D eigenvalue weighted by molar-refractivity contribution is 5.68. The largest absolute Gasteiger partial charge is 0.493 e. The summed E-state index contributed by atoms with van der Waals surface area (Å²) in [5, 5.41) is 9.14. The van der Waals surface area contributed by atoms with E-state index in [0.717, 1.165) is 50.1 Å². The molecule has 1 saturated heterocycles. The molecule has 0 amide bonds. The molecule has 0 bridgehead atoms. The molecule has 0 saturated carbocycles. The van der Waals surface area contributed by atoms with Crippen molar-refractivity contribution < 1.29 is 27.0 Å². The molecule has 6 nitrogen and oxygen atoms in total. The number of hydrogen-bond donors (Lipinski definition) is 3. The van der Waals surface area contributed by atoms with Gasteiger partial charge in [-0.2, -0.15) is 13.2 Å². The van der Waals surface area contributed by atoms with Gasteiger partial charge in [0.05, 0.1) is 24.6 Å². The minimum Gasteiger partial charge on any atom is -0.493 e. The monoisotopic (exact) mass is 546 g/mol. The highest BCUT2D eigenvalue weighted by Crippen LogP contribution is 2.38. The highest BCUT2D eigenvalue weighted by Gasteiger charge is 2.37. The predicted octanol–water partition coefficient (Wildman–Crippen LogP) is 6.74. The zero-order valence-electron chi connectivity index (χ0n) is 23.5. The van der Waals surface area contributed by atoms with Gasteiger partial charge in [-0.05, 0) is 62.6 Å². The van der Waals surface area contributed by atoms with E-state index < -0.39 is 24.1 Å². The van der Waals surface area contributed by atoms with E-state index in [1.54, 1.807) is 6.07 Å². The number of unbranched alkanes of at least 4 members (excludes halogenated alkanes) is 5. The molecule has 218 valence electrons. The first kappa shape index (κ1) is 33.7. The van der Waals surface area contributed by atoms with E-state index in [-0.39, 0.29) is 18.4 Å². The molecule has 0 radical (unpaired) electrons. The molecule has 1 heterocycles. The third kappa shape index (κ3) is 10.8. The summed E-state index contributed by atoms with van der Waals surface area (Å²) in [5.74, 6) is -0.151. The number of methoxy groups -OCH3 is 1. The van der Waals surface area contributed by atoms with E-state index in [1.807, 2.05) is 25.8 Å². The number of nitrogens with zero attached hydrogens (tertiary/aromatic N) is 1. The molecule has 1 aliphatic heterocycles. The average Bonchev–Trinajstić information content (AvgIpc) is 3.21. The van der Waals surface area contributed by atoms with Gasteiger partial charge < -0.3 is 20.5 Å². The predicted molar refractivity (Wildman–Crippen MR) is 146 cm³/mol. The van der Waals surface area contributed by atoms with Crippen LogP contribution in [0.1, 0.15) is 83.3 Å². The van der Waals surface area contributed by atoms with Gasteiger partial charge in [0.25, 0.3) is 0 Å². The lowest BCUT2D eigenvalue weighted by Crippen LogP contribution is -2.46. The number of likely N-dealkylation sites (N-methyl/N-ethyl adjacent to an activating group) is 1. The van der Waals surface area contributed by atoms with Crippen LogP contribution in [0.5, 0.6) is 5.75 Å². The van der Waals surface area contributed by atoms with E-state index in [1.165, 1.54) is 19.6 Å². The van der Waals surface area contributed by atoms with Gasteiger partial charge in [0.1, 0.15) is 18.1 Å². The molecule has 0 spiro atoms. The summed E-state index contributed by atoms with van der Waals surface area (Å²) < 4.78 is 67.1. The summed E-state index contributed by atoms with van der Waals surface area (Å²) in [6.07, 6.45) is 1.84. The minimum absolute atomic E-state index is 0.151. The Morgan fingerprint density at radius 3 is 2.37 bits per heavy atom. The molecular weight excluding hydrogens is 500 g/mol. The minimum atomic E-state index is -4.55. The quantitative estimate of drug-likeness (QED) is 0.0791. The van der Waals surface area contributed by atoms with Gasteiger partial charge in [-0.15, -0.1) is 0 Å². The van der Waals surface area contributed by atoms with Crippen LogP contribution >= 0.6 is 0 Å². The molecule has 10 heteroatoms. The van der Waals surface area contributed by atoms with Crippen molar-refractivity contribution in [3.63, 3.8) is 0 Å². The van der Waals surface area contributed by atoms with Crippen molar-refractivity contribution in [3.8, 4) is 5.75 Å². The Morgan fingerprint density at radius 1 is 1.21 bits per heavy atom. The van der Waals surface area contributed by atoms with Crippen LogP contribution in [0, 0.1) is 5.41 Å². The Bertz CT molecular complexity index is 864. The second-order valence-corrected chi connectivity index (χ2v) is 9.64. The number of hydrogen-bond acceptors (Lipinski definition) is 5. The van der Waals surface area contributed by atoms with Crippen molar-refractivity contribution in [3.05, 3.63) is 34.9 Å². The maximum Gasteiger partial charge on any atom is 0.419 e. The average molecular weight is 547 g/mol. The fraction of sp³-hybridized carbons (Fsp3) is 0.679. The van der Waals surface area contributed by atoms with Gasteiger partial charge >= 0.3 is 6.18 Å². The molecule has 1 aromatic rings. The summed E-state index contributed by atoms with van der Waals surface area (Å²) in [6, 6.07) is 3.97. The number of rotatable bonds is 14. The first-order chi connectivity index (χ1) is 18.0. The van der Waals surface area contributed by atoms with Gasteiger partial charge in [0.2, 0.25) is 0 Å². The molecule has 2 rings (SSSR count). The lowest BCUT2D eigenvalue weighted by atomic mass is 10.0. The Labute approximate surface area is 225 Å². The van der Waals surface area contributed by atoms with Crippen LogP contribution < -0.4 is 15.8 Å². The van der Waals surface area contributed by atoms with E-state index in [0.29, 0.717) is 30.6 Å². The second-order valence-electron chi connectivity index (χ2n) is 9.64. The molecule has 3 unspecified atom stereocenters. The summed E-state index contributed by atoms with van der Waals surface area (Å²) in [4.78, 5) is 1.88. The van der Waals surface area contributed by atoms with Crippen molar-refractivity contribution in [1.82, 2.24) is 10.2 Å². The standard InChI is InChI=1S/C27H42F4N2O2.CH4N2/c1-6-8-9-10-11-12-15-35-24-14-13-20(16-22(24)27(29,30)31)25(19(3)7-2)32-26(34-5)23-17-21(28)18-33(23)4;2-1-3/h13-14,16,21,23,26,32H,6-12,15,17-18H2,1-5H3;1H,(H3,2,3). The van der Waals surface area contributed by atoms with Crippen molar-refractivity contribution in [2.24, 2.45) is 5.73 Å². The second kappa shape index (κ2) is 17.3. The van der Waals surface area contributed by atoms with Crippen LogP contribution in [0.25, 0.3) is 5.70 Å². The fourth-order valence-corrected chi connectivity index (χ4v) is 4.50. The van der Waals surface area contributed by atoms with Crippen molar-refractivity contribution >= 4 is 12.0 Å². The zero-order valence-corrected chi connectivity index (χ0v) is 23.5. The van der Waals surface area contributed by atoms with E-state index in [9.17, 15) is 17.6 Å². The molecule has 38 heavy (non-hydrogen) atoms. The summed E-state index contributed by atoms with van der Waals surface area (Å²) in [6.45, 7) is 6.53. The number of ether oxygens (including phenoxy) is 2. The van der Waals surface area contributed by atoms with E-state index >= 15 is 0 Å². The van der Waals surface area contributed by atoms with Crippen LogP contribution in [0.3, 0.4) is 0 Å². The zero-order chi connectivity index (χ0) is 28.7. The first-order valence-electron chi connectivity index (χ1n) is 13.4. The number of nitrogens with one attached hydrogen (secondary N) is 2. The van der Waals surface area contributed by atoms with Crippen molar-refractivity contribution in [1.29, 1.82) is 5.41 Å². The Kier molecular flexibility index (Phi) is 15.3. The maximum atomic E-state index is 14.0. The molecule has 1 aliphatic rings. The van der Waals surface area contributed by atoms with Gasteiger partial charge in [-0.3, -0.25) is 10.3 Å². The smallest absolute Gasteiger partial charge is 0.419 e. The number of nitrogens with two attached hydrogens (primary N) is 1. The van der Waals surface area contributed by atoms with Crippen LogP contribution in [0.4, 0.5) is 17.6 Å². The Balaban J connectivity index is 0.00000229. The fourth-order valence-electron chi connectivity index (χ4n) is 4.50. The lowest BCUT2D eigenvalue weighted by Gasteiger charge is -2.31. The first-order valence-corrected chi connectivity index (χ1v) is 13.4. The van der Waals surface area contributed by atoms with Crippen LogP contribution in [-0.2, 0) is 10.9 Å². The van der Waals surface area contributed by atoms with Gasteiger partial charge in [-0.1, -0.05) is 46.0 Å². The summed E-state index contributed by atoms with van der Waals surface area (Å²) in [7, 11) is 3.35. The molecular formula is C28H46F4N4O2. The number of halogens is 4. The van der Waals surface area contributed by atoms with Gasteiger partial charge in [0, 0.05) is 19.4 Å². The SMILES string of the molecule is CCCCCCCCOc1ccc(C(NC(OC)C2CC(F)CN2C)=C(C)CC)cc1C(F)(F)F.N=CN. The summed E-state index contributed by atoms with van der Waals surface area (Å²) in [5.41, 5.74) is 5.46. The van der Waals surface area contributed by atoms with Crippen LogP contribution in [0.15, 0.2) is 23.8 Å². The van der Waals surface area contributed by atoms with Crippen LogP contribution in [0.2, 0.25) is 0 Å². The molecule has 0 aromatic heterocycles. The number of alkyl halides is 4. The third-order valence-corrected chi connectivity index (χ3v) is 6.73. The van der Waals surface area contributed by atoms with E-state index in [4.69, 9.17) is 14.9 Å². The number of allylic oxidation sites excluding steroid dienone is 1. The molecule has 1 aromatic carbocycles. The maximum absolute atomic E-state index is 14.0. The van der Waals surface area contributed by atoms with E-state index in [2.05, 4.69) is 18.0 Å². The number of benzene rings is 1. The topological polar surface area (TPSA) is 83.6 Å². The molecule has 1 fully saturated rings. The lowest BCUT2D eigenvalue weighted by molar-refractivity contribution is -0.139. The van der Waals surface area contributed by atoms with Gasteiger partial charge in [0.15, 0.2) is 0 Å². The molecule has 0 aliphatic carbocycles. The molecule has 4 N–H and O–H groups in total. The van der Waals surface area contributed by atoms with Gasteiger partial charge in [-0.25, -0.2) is 4.39 Å². The van der Waals surface area contributed by atoms with Crippen molar-refractivity contribution in [2.45, 2.75) is 96.8 Å². The molecule has 3 atom stereocenters. The van der Waals surface area contributed by atoms with Crippen molar-refractivity contribution in [2.75, 3.05) is 27.3 Å². The normalized spacial score (nSPS) is 19.3. The Morgan fingerprint density at radius 2 is 1.84 bits per heavy atom. The Hall–Kier alpha value is -2.33. The highest BCUT2D eigenvalue weighted by atomic mass is 19.4. The number of likely N-dealkylation sites (tertiary alicyclic amines) is 1. The third-order valence-electron chi connectivity index (χ3n) is 6.73. The van der Waals surface area contributed by atoms with Crippen LogP contribution in [-0.4, -0.2) is 57.0 Å².